The summed E-state index contributed by atoms with van der Waals surface area (Å²) < 4.78 is 17.2. The number of para-hydroxylation sites is 1. The third-order valence-electron chi connectivity index (χ3n) is 18.2. The molecule has 5 aromatic rings. The molecule has 1 aliphatic carbocycles. The quantitative estimate of drug-likeness (QED) is 0.122. The molecule has 5 saturated heterocycles. The summed E-state index contributed by atoms with van der Waals surface area (Å²) in [4.78, 5) is 92.7. The highest BCUT2D eigenvalue weighted by molar-refractivity contribution is 6.09. The molecule has 1 saturated carbocycles. The SMILES string of the molecule is CC(C)n1cnc2cc(-c3ccc4c(c3)N(C3CC(N5CCCCC5)C3)C(=O)C43CCN(C(=O)C4CCN(C(=O)CC5CCN(c6ccc(C7CCC(=O)NC7=O)cn6)CC5)CC4)CC3)nc(Nc3ccccc3F)c21. The van der Waals surface area contributed by atoms with Crippen molar-refractivity contribution in [3.8, 4) is 11.3 Å². The van der Waals surface area contributed by atoms with E-state index in [1.807, 2.05) is 32.6 Å². The second kappa shape index (κ2) is 20.7. The Labute approximate surface area is 443 Å². The molecule has 6 fully saturated rings. The molecule has 0 bridgehead atoms. The molecule has 1 atom stereocenters. The smallest absolute Gasteiger partial charge is 0.238 e. The number of halogens is 1. The van der Waals surface area contributed by atoms with Gasteiger partial charge in [-0.3, -0.25) is 29.3 Å². The van der Waals surface area contributed by atoms with Crippen molar-refractivity contribution in [2.24, 2.45) is 11.8 Å². The number of fused-ring (bicyclic) bond motifs is 3. The lowest BCUT2D eigenvalue weighted by atomic mass is 9.73. The standard InChI is InChI=1S/C59H70FN11O5/c1-37(2)70-36-62-49-34-48(64-55(54(49)70)63-47-9-5-4-8-46(47)60)40-10-13-45-50(31-40)71(43-32-42(33-43)66-22-6-3-7-23-66)58(76)59(45)20-28-69(29-21-59)57(75)39-18-26-68(27-19-39)53(73)30-38-16-24-67(25-17-38)51-14-11-41(35-61-51)44-12-15-52(72)65-56(44)74/h4-5,8-11,13-14,31,34-39,42-44H,3,6-7,12,15-30,32-33H2,1-2H3,(H,63,64)(H,65,72,74). The summed E-state index contributed by atoms with van der Waals surface area (Å²) in [6.45, 7) is 10.1. The second-order valence-corrected chi connectivity index (χ2v) is 23.0. The van der Waals surface area contributed by atoms with Gasteiger partial charge in [0.15, 0.2) is 5.82 Å². The maximum absolute atomic E-state index is 15.3. The van der Waals surface area contributed by atoms with Gasteiger partial charge in [-0.25, -0.2) is 19.3 Å². The van der Waals surface area contributed by atoms with Crippen molar-refractivity contribution >= 4 is 63.6 Å². The number of nitrogens with one attached hydrogen (secondary N) is 2. The van der Waals surface area contributed by atoms with Crippen LogP contribution in [-0.4, -0.2) is 128 Å². The average Bonchev–Trinajstić information content (AvgIpc) is 3.98. The number of anilines is 4. The van der Waals surface area contributed by atoms with E-state index in [1.54, 1.807) is 30.7 Å². The molecule has 16 nitrogen and oxygen atoms in total. The third kappa shape index (κ3) is 9.39. The Kier molecular flexibility index (Phi) is 13.6. The minimum absolute atomic E-state index is 0.0824. The highest BCUT2D eigenvalue weighted by Crippen LogP contribution is 2.52. The van der Waals surface area contributed by atoms with Crippen molar-refractivity contribution in [1.82, 2.24) is 39.5 Å². The molecule has 1 spiro atoms. The van der Waals surface area contributed by atoms with E-state index >= 15 is 9.18 Å². The molecular weight excluding hydrogens is 962 g/mol. The van der Waals surface area contributed by atoms with Crippen molar-refractivity contribution in [3.63, 3.8) is 0 Å². The van der Waals surface area contributed by atoms with Gasteiger partial charge in [0.2, 0.25) is 29.5 Å². The Balaban J connectivity index is 0.697. The number of hydrogen-bond acceptors (Lipinski definition) is 11. The summed E-state index contributed by atoms with van der Waals surface area (Å²) in [5, 5.41) is 5.71. The maximum atomic E-state index is 15.3. The number of amides is 5. The number of aromatic nitrogens is 4. The molecule has 3 aromatic heterocycles. The number of rotatable bonds is 11. The zero-order chi connectivity index (χ0) is 52.2. The minimum Gasteiger partial charge on any atom is -0.357 e. The van der Waals surface area contributed by atoms with Gasteiger partial charge in [-0.2, -0.15) is 0 Å². The Bertz CT molecular complexity index is 3030. The summed E-state index contributed by atoms with van der Waals surface area (Å²) in [5.41, 5.74) is 5.41. The zero-order valence-electron chi connectivity index (χ0n) is 43.9. The molecule has 9 heterocycles. The Morgan fingerprint density at radius 2 is 1.58 bits per heavy atom. The number of hydrogen-bond donors (Lipinski definition) is 2. The van der Waals surface area contributed by atoms with Gasteiger partial charge in [0, 0.05) is 93.6 Å². The Morgan fingerprint density at radius 3 is 2.29 bits per heavy atom. The summed E-state index contributed by atoms with van der Waals surface area (Å²) >= 11 is 0. The molecular formula is C59H70FN11O5. The number of imidazole rings is 1. The first kappa shape index (κ1) is 50.1. The van der Waals surface area contributed by atoms with Crippen molar-refractivity contribution < 1.29 is 28.4 Å². The van der Waals surface area contributed by atoms with E-state index in [0.717, 1.165) is 91.1 Å². The van der Waals surface area contributed by atoms with Crippen LogP contribution in [0.5, 0.6) is 0 Å². The van der Waals surface area contributed by atoms with Crippen LogP contribution in [0, 0.1) is 17.7 Å². The lowest BCUT2D eigenvalue weighted by Gasteiger charge is -2.48. The van der Waals surface area contributed by atoms with Crippen LogP contribution >= 0.6 is 0 Å². The van der Waals surface area contributed by atoms with Crippen molar-refractivity contribution in [1.29, 1.82) is 0 Å². The first-order valence-electron chi connectivity index (χ1n) is 28.1. The Morgan fingerprint density at radius 1 is 0.816 bits per heavy atom. The van der Waals surface area contributed by atoms with Crippen molar-refractivity contribution in [2.75, 3.05) is 67.5 Å². The van der Waals surface area contributed by atoms with Crippen molar-refractivity contribution in [3.05, 3.63) is 90.1 Å². The molecule has 2 N–H and O–H groups in total. The fourth-order valence-corrected chi connectivity index (χ4v) is 13.6. The molecule has 0 radical (unpaired) electrons. The summed E-state index contributed by atoms with van der Waals surface area (Å²) in [7, 11) is 0. The average molecular weight is 1030 g/mol. The van der Waals surface area contributed by atoms with Gasteiger partial charge in [0.25, 0.3) is 0 Å². The molecule has 7 aliphatic rings. The fraction of sp³-hybridized carbons (Fsp3) is 0.525. The van der Waals surface area contributed by atoms with E-state index in [9.17, 15) is 19.2 Å². The van der Waals surface area contributed by atoms with E-state index in [2.05, 4.69) is 62.4 Å². The lowest BCUT2D eigenvalue weighted by molar-refractivity contribution is -0.143. The van der Waals surface area contributed by atoms with Gasteiger partial charge in [-0.1, -0.05) is 36.8 Å². The number of likely N-dealkylation sites (tertiary alicyclic amines) is 3. The van der Waals surface area contributed by atoms with Crippen LogP contribution < -0.4 is 20.4 Å². The largest absolute Gasteiger partial charge is 0.357 e. The van der Waals surface area contributed by atoms with Gasteiger partial charge in [-0.05, 0) is 145 Å². The third-order valence-corrected chi connectivity index (χ3v) is 18.2. The molecule has 76 heavy (non-hydrogen) atoms. The van der Waals surface area contributed by atoms with Crippen LogP contribution in [0.2, 0.25) is 0 Å². The number of carbonyl (C=O) groups excluding carboxylic acids is 5. The van der Waals surface area contributed by atoms with E-state index in [0.29, 0.717) is 94.4 Å². The van der Waals surface area contributed by atoms with Crippen LogP contribution in [0.4, 0.5) is 27.4 Å². The van der Waals surface area contributed by atoms with E-state index in [4.69, 9.17) is 9.97 Å². The maximum Gasteiger partial charge on any atom is 0.238 e. The van der Waals surface area contributed by atoms with Crippen LogP contribution in [-0.2, 0) is 29.4 Å². The first-order chi connectivity index (χ1) is 36.9. The van der Waals surface area contributed by atoms with E-state index < -0.39 is 5.41 Å². The number of imide groups is 1. The Hall–Kier alpha value is -6.75. The fourth-order valence-electron chi connectivity index (χ4n) is 13.6. The van der Waals surface area contributed by atoms with Crippen LogP contribution in [0.15, 0.2) is 73.2 Å². The predicted molar refractivity (Wildman–Crippen MR) is 288 cm³/mol. The molecule has 1 unspecified atom stereocenters. The van der Waals surface area contributed by atoms with Crippen LogP contribution in [0.25, 0.3) is 22.3 Å². The minimum atomic E-state index is -0.739. The van der Waals surface area contributed by atoms with Gasteiger partial charge in [0.1, 0.15) is 17.2 Å². The first-order valence-corrected chi connectivity index (χ1v) is 28.1. The van der Waals surface area contributed by atoms with Crippen LogP contribution in [0.3, 0.4) is 0 Å². The summed E-state index contributed by atoms with van der Waals surface area (Å²) in [5.74, 6) is 0.694. The topological polar surface area (TPSA) is 169 Å². The zero-order valence-corrected chi connectivity index (χ0v) is 43.9. The van der Waals surface area contributed by atoms with E-state index in [-0.39, 0.29) is 65.2 Å². The highest BCUT2D eigenvalue weighted by atomic mass is 19.1. The molecule has 5 amide bonds. The monoisotopic (exact) mass is 1030 g/mol. The normalized spacial score (nSPS) is 23.6. The van der Waals surface area contributed by atoms with Gasteiger partial charge >= 0.3 is 0 Å². The number of carbonyl (C=O) groups is 5. The second-order valence-electron chi connectivity index (χ2n) is 23.0. The van der Waals surface area contributed by atoms with Gasteiger partial charge in [-0.15, -0.1) is 0 Å². The molecule has 398 valence electrons. The van der Waals surface area contributed by atoms with Crippen LogP contribution in [0.1, 0.15) is 127 Å². The molecule has 17 heteroatoms. The summed E-state index contributed by atoms with van der Waals surface area (Å²) in [6.07, 6.45) is 14.6. The number of nitrogens with zero attached hydrogens (tertiary/aromatic N) is 9. The van der Waals surface area contributed by atoms with Gasteiger partial charge in [0.05, 0.1) is 34.6 Å². The van der Waals surface area contributed by atoms with Gasteiger partial charge < -0.3 is 34.4 Å². The molecule has 12 rings (SSSR count). The molecule has 6 aliphatic heterocycles. The lowest BCUT2D eigenvalue weighted by Crippen LogP contribution is -2.58. The molecule has 2 aromatic carbocycles. The summed E-state index contributed by atoms with van der Waals surface area (Å²) in [6, 6.07) is 19.4. The van der Waals surface area contributed by atoms with Crippen molar-refractivity contribution in [2.45, 2.75) is 133 Å². The number of piperidine rings is 5. The number of pyridine rings is 2. The highest BCUT2D eigenvalue weighted by Gasteiger charge is 2.56. The number of benzene rings is 2. The van der Waals surface area contributed by atoms with E-state index in [1.165, 1.54) is 25.3 Å². The predicted octanol–water partition coefficient (Wildman–Crippen LogP) is 8.25.